The molecule has 0 unspecified atom stereocenters. The van der Waals surface area contributed by atoms with Crippen LogP contribution in [-0.4, -0.2) is 16.9 Å². The van der Waals surface area contributed by atoms with E-state index >= 15 is 0 Å². The molecule has 4 heteroatoms. The van der Waals surface area contributed by atoms with Gasteiger partial charge in [-0.1, -0.05) is 0 Å². The van der Waals surface area contributed by atoms with Crippen LogP contribution in [-0.2, 0) is 9.59 Å². The van der Waals surface area contributed by atoms with Gasteiger partial charge in [-0.2, -0.15) is 0 Å². The van der Waals surface area contributed by atoms with Crippen molar-refractivity contribution in [3.05, 3.63) is 35.4 Å². The number of nitrogens with zero attached hydrogens (tertiary/aromatic N) is 1. The lowest BCUT2D eigenvalue weighted by atomic mass is 10.1. The SMILES string of the molecule is CC1=CC(=O)N(c2ccc(O)cc2C)C1=O. The molecule has 0 aromatic heterocycles. The second kappa shape index (κ2) is 3.48. The number of imide groups is 1. The van der Waals surface area contributed by atoms with E-state index < -0.39 is 0 Å². The summed E-state index contributed by atoms with van der Waals surface area (Å²) in [6.45, 7) is 3.35. The average molecular weight is 217 g/mol. The van der Waals surface area contributed by atoms with Gasteiger partial charge < -0.3 is 5.11 Å². The minimum atomic E-state index is -0.337. The molecule has 0 radical (unpaired) electrons. The number of hydrogen-bond donors (Lipinski definition) is 1. The molecule has 1 N–H and O–H groups in total. The fourth-order valence-electron chi connectivity index (χ4n) is 1.71. The molecule has 0 aliphatic carbocycles. The Bertz CT molecular complexity index is 517. The summed E-state index contributed by atoms with van der Waals surface area (Å²) in [6, 6.07) is 4.53. The molecule has 4 nitrogen and oxygen atoms in total. The van der Waals surface area contributed by atoms with Gasteiger partial charge in [-0.15, -0.1) is 0 Å². The Morgan fingerprint density at radius 3 is 2.38 bits per heavy atom. The van der Waals surface area contributed by atoms with Crippen LogP contribution in [0.3, 0.4) is 0 Å². The summed E-state index contributed by atoms with van der Waals surface area (Å²) in [5, 5.41) is 9.26. The lowest BCUT2D eigenvalue weighted by molar-refractivity contribution is -0.120. The van der Waals surface area contributed by atoms with E-state index in [0.717, 1.165) is 4.90 Å². The van der Waals surface area contributed by atoms with Crippen LogP contribution in [0.4, 0.5) is 5.69 Å². The van der Waals surface area contributed by atoms with E-state index in [1.807, 2.05) is 0 Å². The molecular weight excluding hydrogens is 206 g/mol. The van der Waals surface area contributed by atoms with Gasteiger partial charge in [0.25, 0.3) is 11.8 Å². The summed E-state index contributed by atoms with van der Waals surface area (Å²) < 4.78 is 0. The highest BCUT2D eigenvalue weighted by atomic mass is 16.3. The molecule has 1 aromatic carbocycles. The van der Waals surface area contributed by atoms with Crippen LogP contribution in [0.25, 0.3) is 0 Å². The van der Waals surface area contributed by atoms with Gasteiger partial charge >= 0.3 is 0 Å². The van der Waals surface area contributed by atoms with Gasteiger partial charge in [0, 0.05) is 11.6 Å². The van der Waals surface area contributed by atoms with Crippen LogP contribution in [0.15, 0.2) is 29.8 Å². The maximum absolute atomic E-state index is 11.7. The molecule has 0 atom stereocenters. The molecule has 1 aromatic rings. The highest BCUT2D eigenvalue weighted by Gasteiger charge is 2.30. The molecule has 2 amide bonds. The van der Waals surface area contributed by atoms with Crippen molar-refractivity contribution in [1.82, 2.24) is 0 Å². The van der Waals surface area contributed by atoms with Crippen molar-refractivity contribution < 1.29 is 14.7 Å². The number of amides is 2. The molecule has 82 valence electrons. The highest BCUT2D eigenvalue weighted by molar-refractivity contribution is 6.30. The second-order valence-electron chi connectivity index (χ2n) is 3.78. The van der Waals surface area contributed by atoms with E-state index in [-0.39, 0.29) is 17.6 Å². The van der Waals surface area contributed by atoms with Crippen molar-refractivity contribution in [3.63, 3.8) is 0 Å². The van der Waals surface area contributed by atoms with Crippen LogP contribution >= 0.6 is 0 Å². The predicted molar refractivity (Wildman–Crippen MR) is 59.1 cm³/mol. The van der Waals surface area contributed by atoms with Crippen molar-refractivity contribution in [3.8, 4) is 5.75 Å². The highest BCUT2D eigenvalue weighted by Crippen LogP contribution is 2.28. The number of benzene rings is 1. The van der Waals surface area contributed by atoms with Crippen LogP contribution < -0.4 is 4.90 Å². The van der Waals surface area contributed by atoms with Crippen molar-refractivity contribution in [2.45, 2.75) is 13.8 Å². The number of aromatic hydroxyl groups is 1. The van der Waals surface area contributed by atoms with Crippen molar-refractivity contribution in [1.29, 1.82) is 0 Å². The quantitative estimate of drug-likeness (QED) is 0.725. The molecule has 16 heavy (non-hydrogen) atoms. The molecular formula is C12H11NO3. The number of phenolic OH excluding ortho intramolecular Hbond substituents is 1. The lowest BCUT2D eigenvalue weighted by Crippen LogP contribution is -2.31. The molecule has 0 saturated carbocycles. The van der Waals surface area contributed by atoms with Gasteiger partial charge in [0.2, 0.25) is 0 Å². The van der Waals surface area contributed by atoms with E-state index in [1.165, 1.54) is 18.2 Å². The minimum absolute atomic E-state index is 0.116. The summed E-state index contributed by atoms with van der Waals surface area (Å²) in [5.41, 5.74) is 1.63. The number of anilines is 1. The minimum Gasteiger partial charge on any atom is -0.508 e. The van der Waals surface area contributed by atoms with Gasteiger partial charge in [-0.05, 0) is 37.6 Å². The van der Waals surface area contributed by atoms with Gasteiger partial charge in [-0.25, -0.2) is 4.90 Å². The molecule has 1 heterocycles. The summed E-state index contributed by atoms with van der Waals surface area (Å²) in [6.07, 6.45) is 1.31. The summed E-state index contributed by atoms with van der Waals surface area (Å²) >= 11 is 0. The monoisotopic (exact) mass is 217 g/mol. The Morgan fingerprint density at radius 1 is 1.19 bits per heavy atom. The van der Waals surface area contributed by atoms with Crippen molar-refractivity contribution >= 4 is 17.5 Å². The Labute approximate surface area is 92.8 Å². The van der Waals surface area contributed by atoms with Gasteiger partial charge in [-0.3, -0.25) is 9.59 Å². The molecule has 0 bridgehead atoms. The van der Waals surface area contributed by atoms with E-state index in [0.29, 0.717) is 16.8 Å². The van der Waals surface area contributed by atoms with E-state index in [9.17, 15) is 14.7 Å². The lowest BCUT2D eigenvalue weighted by Gasteiger charge is -2.17. The Hall–Kier alpha value is -2.10. The van der Waals surface area contributed by atoms with Gasteiger partial charge in [0.05, 0.1) is 5.69 Å². The normalized spacial score (nSPS) is 15.6. The predicted octanol–water partition coefficient (Wildman–Crippen LogP) is 1.52. The van der Waals surface area contributed by atoms with E-state index in [2.05, 4.69) is 0 Å². The fourth-order valence-corrected chi connectivity index (χ4v) is 1.71. The zero-order valence-corrected chi connectivity index (χ0v) is 9.02. The van der Waals surface area contributed by atoms with E-state index in [1.54, 1.807) is 19.9 Å². The maximum atomic E-state index is 11.7. The van der Waals surface area contributed by atoms with Crippen LogP contribution in [0.1, 0.15) is 12.5 Å². The zero-order valence-electron chi connectivity index (χ0n) is 9.02. The molecule has 0 spiro atoms. The molecule has 2 rings (SSSR count). The largest absolute Gasteiger partial charge is 0.508 e. The number of rotatable bonds is 1. The number of carbonyl (C=O) groups is 2. The topological polar surface area (TPSA) is 57.6 Å². The first-order valence-electron chi connectivity index (χ1n) is 4.87. The van der Waals surface area contributed by atoms with Gasteiger partial charge in [0.15, 0.2) is 0 Å². The standard InChI is InChI=1S/C12H11NO3/c1-7-5-9(14)3-4-10(7)13-11(15)6-8(2)12(13)16/h3-6,14H,1-2H3. The summed E-state index contributed by atoms with van der Waals surface area (Å²) in [4.78, 5) is 24.4. The van der Waals surface area contributed by atoms with Crippen LogP contribution in [0.2, 0.25) is 0 Å². The third kappa shape index (κ3) is 1.48. The van der Waals surface area contributed by atoms with Crippen LogP contribution in [0.5, 0.6) is 5.75 Å². The summed E-state index contributed by atoms with van der Waals surface area (Å²) in [5.74, 6) is -0.528. The van der Waals surface area contributed by atoms with Crippen LogP contribution in [0, 0.1) is 6.92 Å². The van der Waals surface area contributed by atoms with Crippen molar-refractivity contribution in [2.24, 2.45) is 0 Å². The smallest absolute Gasteiger partial charge is 0.261 e. The number of phenols is 1. The number of hydrogen-bond acceptors (Lipinski definition) is 3. The first-order chi connectivity index (χ1) is 7.50. The fraction of sp³-hybridized carbons (Fsp3) is 0.167. The molecule has 1 aliphatic heterocycles. The Morgan fingerprint density at radius 2 is 1.88 bits per heavy atom. The van der Waals surface area contributed by atoms with Crippen molar-refractivity contribution in [2.75, 3.05) is 4.90 Å². The summed E-state index contributed by atoms with van der Waals surface area (Å²) in [7, 11) is 0. The average Bonchev–Trinajstić information content (AvgIpc) is 2.43. The Kier molecular flexibility index (Phi) is 2.27. The molecule has 0 saturated heterocycles. The second-order valence-corrected chi connectivity index (χ2v) is 3.78. The van der Waals surface area contributed by atoms with Gasteiger partial charge in [0.1, 0.15) is 5.75 Å². The first-order valence-corrected chi connectivity index (χ1v) is 4.87. The number of carbonyl (C=O) groups excluding carboxylic acids is 2. The third-order valence-electron chi connectivity index (χ3n) is 2.52. The molecule has 0 fully saturated rings. The number of aryl methyl sites for hydroxylation is 1. The first kappa shape index (κ1) is 10.4. The maximum Gasteiger partial charge on any atom is 0.261 e. The zero-order chi connectivity index (χ0) is 11.9. The third-order valence-corrected chi connectivity index (χ3v) is 2.52. The Balaban J connectivity index is 2.47. The molecule has 1 aliphatic rings. The van der Waals surface area contributed by atoms with E-state index in [4.69, 9.17) is 0 Å².